The Morgan fingerprint density at radius 3 is 2.79 bits per heavy atom. The Bertz CT molecular complexity index is 642. The summed E-state index contributed by atoms with van der Waals surface area (Å²) in [5.74, 6) is -0.00265. The van der Waals surface area contributed by atoms with Gasteiger partial charge in [0.2, 0.25) is 0 Å². The Balaban J connectivity index is 2.08. The fourth-order valence-corrected chi connectivity index (χ4v) is 3.42. The van der Waals surface area contributed by atoms with Gasteiger partial charge in [-0.2, -0.15) is 0 Å². The molecule has 0 aromatic heterocycles. The molecular weight excluding hydrogens is 336 g/mol. The molecule has 102 valence electrons. The number of hydrogen-bond donors (Lipinski definition) is 1. The van der Waals surface area contributed by atoms with E-state index in [9.17, 15) is 18.5 Å². The number of sulfone groups is 1. The lowest BCUT2D eigenvalue weighted by Crippen LogP contribution is -2.29. The van der Waals surface area contributed by atoms with Crippen LogP contribution in [0.2, 0.25) is 0 Å². The van der Waals surface area contributed by atoms with E-state index in [1.165, 1.54) is 11.5 Å². The summed E-state index contributed by atoms with van der Waals surface area (Å²) < 4.78 is 23.1. The first-order valence-electron chi connectivity index (χ1n) is 5.44. The van der Waals surface area contributed by atoms with Gasteiger partial charge in [-0.3, -0.25) is 10.1 Å². The molecule has 2 rings (SSSR count). The molecule has 0 saturated heterocycles. The average Bonchev–Trinajstić information content (AvgIpc) is 2.67. The minimum Gasteiger partial charge on any atom is -0.305 e. The van der Waals surface area contributed by atoms with Crippen LogP contribution in [0, 0.1) is 10.1 Å². The second-order valence-electron chi connectivity index (χ2n) is 4.18. The molecule has 1 aliphatic heterocycles. The largest absolute Gasteiger partial charge is 0.305 e. The first-order valence-corrected chi connectivity index (χ1v) is 7.95. The van der Waals surface area contributed by atoms with Crippen molar-refractivity contribution >= 4 is 31.5 Å². The molecule has 1 aromatic rings. The number of rotatable bonds is 4. The average molecular weight is 347 g/mol. The van der Waals surface area contributed by atoms with Crippen molar-refractivity contribution in [2.24, 2.45) is 0 Å². The molecule has 0 saturated carbocycles. The monoisotopic (exact) mass is 346 g/mol. The van der Waals surface area contributed by atoms with Crippen LogP contribution in [0.1, 0.15) is 5.56 Å². The maximum atomic E-state index is 11.2. The molecule has 0 radical (unpaired) electrons. The summed E-state index contributed by atoms with van der Waals surface area (Å²) in [7, 11) is -3.12. The van der Waals surface area contributed by atoms with Crippen molar-refractivity contribution in [2.75, 3.05) is 5.75 Å². The standard InChI is InChI=1S/C11H11BrN2O4S/c12-9-2-1-8(11(5-9)14(15)16)6-13-10-3-4-19(17,18)7-10/h1-5,10,13H,6-7H2. The maximum Gasteiger partial charge on any atom is 0.275 e. The SMILES string of the molecule is O=[N+]([O-])c1cc(Br)ccc1CNC1C=CS(=O)(=O)C1. The molecular formula is C11H11BrN2O4S. The van der Waals surface area contributed by atoms with E-state index in [-0.39, 0.29) is 24.0 Å². The van der Waals surface area contributed by atoms with Crippen molar-refractivity contribution in [1.29, 1.82) is 0 Å². The van der Waals surface area contributed by atoms with E-state index in [4.69, 9.17) is 0 Å². The molecule has 1 unspecified atom stereocenters. The second-order valence-corrected chi connectivity index (χ2v) is 7.02. The van der Waals surface area contributed by atoms with Crippen molar-refractivity contribution in [3.63, 3.8) is 0 Å². The lowest BCUT2D eigenvalue weighted by molar-refractivity contribution is -0.385. The van der Waals surface area contributed by atoms with Crippen molar-refractivity contribution in [3.8, 4) is 0 Å². The highest BCUT2D eigenvalue weighted by Crippen LogP contribution is 2.23. The summed E-state index contributed by atoms with van der Waals surface area (Å²) in [4.78, 5) is 10.5. The quantitative estimate of drug-likeness (QED) is 0.662. The van der Waals surface area contributed by atoms with Gasteiger partial charge >= 0.3 is 0 Å². The van der Waals surface area contributed by atoms with Crippen molar-refractivity contribution in [2.45, 2.75) is 12.6 Å². The first kappa shape index (κ1) is 14.2. The van der Waals surface area contributed by atoms with Crippen LogP contribution >= 0.6 is 15.9 Å². The topological polar surface area (TPSA) is 89.3 Å². The number of nitro groups is 1. The zero-order valence-electron chi connectivity index (χ0n) is 9.74. The van der Waals surface area contributed by atoms with Gasteiger partial charge in [0.1, 0.15) is 0 Å². The van der Waals surface area contributed by atoms with E-state index < -0.39 is 14.8 Å². The van der Waals surface area contributed by atoms with Crippen LogP contribution in [0.4, 0.5) is 5.69 Å². The Hall–Kier alpha value is -1.25. The van der Waals surface area contributed by atoms with E-state index in [2.05, 4.69) is 21.2 Å². The lowest BCUT2D eigenvalue weighted by Gasteiger charge is -2.10. The third-order valence-corrected chi connectivity index (χ3v) is 4.62. The molecule has 0 amide bonds. The Morgan fingerprint density at radius 1 is 1.47 bits per heavy atom. The van der Waals surface area contributed by atoms with E-state index in [1.807, 2.05) is 0 Å². The molecule has 1 aromatic carbocycles. The van der Waals surface area contributed by atoms with Crippen LogP contribution in [0.25, 0.3) is 0 Å². The highest BCUT2D eigenvalue weighted by molar-refractivity contribution is 9.10. The molecule has 6 nitrogen and oxygen atoms in total. The van der Waals surface area contributed by atoms with Gasteiger partial charge in [-0.15, -0.1) is 0 Å². The van der Waals surface area contributed by atoms with E-state index in [1.54, 1.807) is 18.2 Å². The zero-order valence-corrected chi connectivity index (χ0v) is 12.1. The van der Waals surface area contributed by atoms with E-state index >= 15 is 0 Å². The summed E-state index contributed by atoms with van der Waals surface area (Å²) in [5.41, 5.74) is 0.526. The Morgan fingerprint density at radius 2 is 2.21 bits per heavy atom. The van der Waals surface area contributed by atoms with Gasteiger partial charge in [-0.25, -0.2) is 8.42 Å². The Labute approximate surface area is 118 Å². The molecule has 0 fully saturated rings. The number of benzene rings is 1. The highest BCUT2D eigenvalue weighted by Gasteiger charge is 2.22. The van der Waals surface area contributed by atoms with Gasteiger partial charge in [0.25, 0.3) is 5.69 Å². The number of nitrogens with one attached hydrogen (secondary N) is 1. The summed E-state index contributed by atoms with van der Waals surface area (Å²) in [6, 6.07) is 4.49. The normalized spacial score (nSPS) is 20.6. The third kappa shape index (κ3) is 3.62. The first-order chi connectivity index (χ1) is 8.87. The maximum absolute atomic E-state index is 11.2. The minimum atomic E-state index is -3.12. The fraction of sp³-hybridized carbons (Fsp3) is 0.273. The summed E-state index contributed by atoms with van der Waals surface area (Å²) in [5, 5.41) is 15.1. The number of nitro benzene ring substituents is 1. The molecule has 1 N–H and O–H groups in total. The smallest absolute Gasteiger partial charge is 0.275 e. The van der Waals surface area contributed by atoms with E-state index in [0.29, 0.717) is 10.0 Å². The van der Waals surface area contributed by atoms with Crippen LogP contribution < -0.4 is 5.32 Å². The predicted octanol–water partition coefficient (Wildman–Crippen LogP) is 1.76. The van der Waals surface area contributed by atoms with Gasteiger partial charge in [0.15, 0.2) is 9.84 Å². The van der Waals surface area contributed by atoms with Gasteiger partial charge < -0.3 is 5.32 Å². The third-order valence-electron chi connectivity index (χ3n) is 2.73. The van der Waals surface area contributed by atoms with Crippen LogP contribution in [-0.2, 0) is 16.4 Å². The minimum absolute atomic E-state index is 0.00265. The number of nitrogens with zero attached hydrogens (tertiary/aromatic N) is 1. The fourth-order valence-electron chi connectivity index (χ4n) is 1.80. The molecule has 8 heteroatoms. The van der Waals surface area contributed by atoms with E-state index in [0.717, 1.165) is 0 Å². The molecule has 1 aliphatic rings. The molecule has 0 bridgehead atoms. The van der Waals surface area contributed by atoms with Crippen LogP contribution in [0.5, 0.6) is 0 Å². The number of halogens is 1. The Kier molecular flexibility index (Phi) is 4.02. The molecule has 19 heavy (non-hydrogen) atoms. The van der Waals surface area contributed by atoms with Crippen LogP contribution in [-0.4, -0.2) is 25.1 Å². The predicted molar refractivity (Wildman–Crippen MR) is 74.4 cm³/mol. The molecule has 0 aliphatic carbocycles. The van der Waals surface area contributed by atoms with Gasteiger partial charge in [0.05, 0.1) is 10.7 Å². The van der Waals surface area contributed by atoms with Crippen LogP contribution in [0.15, 0.2) is 34.2 Å². The van der Waals surface area contributed by atoms with Crippen molar-refractivity contribution < 1.29 is 13.3 Å². The molecule has 1 atom stereocenters. The second kappa shape index (κ2) is 5.40. The van der Waals surface area contributed by atoms with Crippen molar-refractivity contribution in [3.05, 3.63) is 49.8 Å². The van der Waals surface area contributed by atoms with Crippen LogP contribution in [0.3, 0.4) is 0 Å². The van der Waals surface area contributed by atoms with Gasteiger partial charge in [-0.05, 0) is 12.1 Å². The van der Waals surface area contributed by atoms with Gasteiger partial charge in [0, 0.05) is 34.1 Å². The summed E-state index contributed by atoms with van der Waals surface area (Å²) >= 11 is 3.18. The molecule has 1 heterocycles. The van der Waals surface area contributed by atoms with Crippen molar-refractivity contribution in [1.82, 2.24) is 5.32 Å². The highest BCUT2D eigenvalue weighted by atomic mass is 79.9. The number of hydrogen-bond acceptors (Lipinski definition) is 5. The van der Waals surface area contributed by atoms with Gasteiger partial charge in [-0.1, -0.05) is 22.0 Å². The summed E-state index contributed by atoms with van der Waals surface area (Å²) in [6.45, 7) is 0.244. The summed E-state index contributed by atoms with van der Waals surface area (Å²) in [6.07, 6.45) is 1.56. The lowest BCUT2D eigenvalue weighted by atomic mass is 10.1. The molecule has 0 spiro atoms. The zero-order chi connectivity index (χ0) is 14.0.